The number of aryl methyl sites for hydroxylation is 3. The van der Waals surface area contributed by atoms with Gasteiger partial charge in [-0.2, -0.15) is 0 Å². The standard InChI is InChI=1S/C18H21NO5S/c1-12-7-13(2)9-15(8-12)19(11-18(20)21)25(22,23)16-5-6-17(24-4)14(3)10-16/h5-10H,11H2,1-4H3,(H,20,21). The summed E-state index contributed by atoms with van der Waals surface area (Å²) < 4.78 is 32.2. The van der Waals surface area contributed by atoms with Crippen LogP contribution in [0.3, 0.4) is 0 Å². The van der Waals surface area contributed by atoms with Crippen LogP contribution >= 0.6 is 0 Å². The van der Waals surface area contributed by atoms with Crippen molar-refractivity contribution in [1.82, 2.24) is 0 Å². The predicted octanol–water partition coefficient (Wildman–Crippen LogP) is 2.90. The van der Waals surface area contributed by atoms with Crippen molar-refractivity contribution < 1.29 is 23.1 Å². The largest absolute Gasteiger partial charge is 0.496 e. The van der Waals surface area contributed by atoms with E-state index in [-0.39, 0.29) is 4.90 Å². The minimum atomic E-state index is -4.03. The van der Waals surface area contributed by atoms with Gasteiger partial charge in [-0.25, -0.2) is 8.42 Å². The van der Waals surface area contributed by atoms with Gasteiger partial charge in [-0.3, -0.25) is 9.10 Å². The highest BCUT2D eigenvalue weighted by molar-refractivity contribution is 7.92. The van der Waals surface area contributed by atoms with Gasteiger partial charge < -0.3 is 9.84 Å². The molecule has 0 saturated heterocycles. The monoisotopic (exact) mass is 363 g/mol. The maximum absolute atomic E-state index is 13.1. The summed E-state index contributed by atoms with van der Waals surface area (Å²) in [4.78, 5) is 11.3. The van der Waals surface area contributed by atoms with E-state index in [1.54, 1.807) is 25.1 Å². The van der Waals surface area contributed by atoms with Crippen LogP contribution in [0.5, 0.6) is 5.75 Å². The summed E-state index contributed by atoms with van der Waals surface area (Å²) in [5.74, 6) is -0.664. The molecule has 2 rings (SSSR count). The van der Waals surface area contributed by atoms with Gasteiger partial charge in [0.1, 0.15) is 12.3 Å². The molecule has 7 heteroatoms. The SMILES string of the molecule is COc1ccc(S(=O)(=O)N(CC(=O)O)c2cc(C)cc(C)c2)cc1C. The molecule has 1 N–H and O–H groups in total. The van der Waals surface area contributed by atoms with Crippen molar-refractivity contribution in [2.75, 3.05) is 18.0 Å². The second-order valence-electron chi connectivity index (χ2n) is 5.88. The number of hydrogen-bond acceptors (Lipinski definition) is 4. The van der Waals surface area contributed by atoms with Crippen LogP contribution in [0.25, 0.3) is 0 Å². The highest BCUT2D eigenvalue weighted by Gasteiger charge is 2.28. The van der Waals surface area contributed by atoms with Gasteiger partial charge in [0, 0.05) is 0 Å². The van der Waals surface area contributed by atoms with Crippen LogP contribution in [0.15, 0.2) is 41.3 Å². The quantitative estimate of drug-likeness (QED) is 0.853. The number of methoxy groups -OCH3 is 1. The second-order valence-corrected chi connectivity index (χ2v) is 7.75. The number of rotatable bonds is 6. The third-order valence-corrected chi connectivity index (χ3v) is 5.50. The Morgan fingerprint density at radius 3 is 2.16 bits per heavy atom. The molecule has 0 atom stereocenters. The van der Waals surface area contributed by atoms with E-state index in [4.69, 9.17) is 4.74 Å². The molecule has 0 bridgehead atoms. The lowest BCUT2D eigenvalue weighted by molar-refractivity contribution is -0.135. The van der Waals surface area contributed by atoms with Crippen LogP contribution in [-0.2, 0) is 14.8 Å². The molecular weight excluding hydrogens is 342 g/mol. The maximum Gasteiger partial charge on any atom is 0.324 e. The van der Waals surface area contributed by atoms with Crippen molar-refractivity contribution >= 4 is 21.7 Å². The molecule has 134 valence electrons. The first kappa shape index (κ1) is 18.8. The first-order valence-electron chi connectivity index (χ1n) is 7.62. The van der Waals surface area contributed by atoms with Crippen molar-refractivity contribution in [3.8, 4) is 5.75 Å². The van der Waals surface area contributed by atoms with E-state index in [0.29, 0.717) is 17.0 Å². The van der Waals surface area contributed by atoms with E-state index in [1.807, 2.05) is 19.9 Å². The van der Waals surface area contributed by atoms with Crippen molar-refractivity contribution in [3.63, 3.8) is 0 Å². The van der Waals surface area contributed by atoms with Gasteiger partial charge in [0.2, 0.25) is 0 Å². The number of anilines is 1. The third-order valence-electron chi connectivity index (χ3n) is 3.73. The van der Waals surface area contributed by atoms with Gasteiger partial charge in [-0.1, -0.05) is 6.07 Å². The zero-order valence-electron chi connectivity index (χ0n) is 14.6. The summed E-state index contributed by atoms with van der Waals surface area (Å²) in [6.07, 6.45) is 0. The number of sulfonamides is 1. The Balaban J connectivity index is 2.59. The Hall–Kier alpha value is -2.54. The summed E-state index contributed by atoms with van der Waals surface area (Å²) in [7, 11) is -2.53. The van der Waals surface area contributed by atoms with E-state index >= 15 is 0 Å². The number of carbonyl (C=O) groups is 1. The van der Waals surface area contributed by atoms with Gasteiger partial charge in [-0.05, 0) is 67.8 Å². The Morgan fingerprint density at radius 1 is 1.08 bits per heavy atom. The molecule has 0 aliphatic carbocycles. The zero-order chi connectivity index (χ0) is 18.8. The van der Waals surface area contributed by atoms with E-state index in [2.05, 4.69) is 0 Å². The number of ether oxygens (including phenoxy) is 1. The topological polar surface area (TPSA) is 83.9 Å². The smallest absolute Gasteiger partial charge is 0.324 e. The van der Waals surface area contributed by atoms with Crippen molar-refractivity contribution in [1.29, 1.82) is 0 Å². The summed E-state index contributed by atoms with van der Waals surface area (Å²) >= 11 is 0. The molecule has 25 heavy (non-hydrogen) atoms. The highest BCUT2D eigenvalue weighted by atomic mass is 32.2. The lowest BCUT2D eigenvalue weighted by atomic mass is 10.1. The number of carboxylic acid groups (broad SMARTS) is 1. The average molecular weight is 363 g/mol. The molecular formula is C18H21NO5S. The van der Waals surface area contributed by atoms with Crippen molar-refractivity contribution in [2.24, 2.45) is 0 Å². The number of nitrogens with zero attached hydrogens (tertiary/aromatic N) is 1. The molecule has 6 nitrogen and oxygen atoms in total. The normalized spacial score (nSPS) is 11.2. The zero-order valence-corrected chi connectivity index (χ0v) is 15.4. The Kier molecular flexibility index (Phi) is 5.37. The molecule has 0 aliphatic rings. The van der Waals surface area contributed by atoms with Gasteiger partial charge in [0.15, 0.2) is 0 Å². The molecule has 0 heterocycles. The maximum atomic E-state index is 13.1. The minimum absolute atomic E-state index is 0.0196. The summed E-state index contributed by atoms with van der Waals surface area (Å²) in [6.45, 7) is 4.74. The van der Waals surface area contributed by atoms with Gasteiger partial charge in [0.05, 0.1) is 17.7 Å². The first-order valence-corrected chi connectivity index (χ1v) is 9.06. The van der Waals surface area contributed by atoms with Crippen LogP contribution < -0.4 is 9.04 Å². The molecule has 0 aliphatic heterocycles. The summed E-state index contributed by atoms with van der Waals surface area (Å²) in [6, 6.07) is 9.66. The molecule has 0 fully saturated rings. The van der Waals surface area contributed by atoms with Crippen molar-refractivity contribution in [2.45, 2.75) is 25.7 Å². The number of benzene rings is 2. The number of hydrogen-bond donors (Lipinski definition) is 1. The Labute approximate surface area is 147 Å². The van der Waals surface area contributed by atoms with E-state index in [0.717, 1.165) is 15.4 Å². The number of aliphatic carboxylic acids is 1. The van der Waals surface area contributed by atoms with Crippen LogP contribution in [0.1, 0.15) is 16.7 Å². The fourth-order valence-electron chi connectivity index (χ4n) is 2.67. The van der Waals surface area contributed by atoms with E-state index in [9.17, 15) is 18.3 Å². The molecule has 0 radical (unpaired) electrons. The molecule has 2 aromatic rings. The van der Waals surface area contributed by atoms with Gasteiger partial charge in [-0.15, -0.1) is 0 Å². The second kappa shape index (κ2) is 7.14. The predicted molar refractivity (Wildman–Crippen MR) is 95.8 cm³/mol. The lowest BCUT2D eigenvalue weighted by Gasteiger charge is -2.24. The van der Waals surface area contributed by atoms with Crippen LogP contribution in [0.2, 0.25) is 0 Å². The minimum Gasteiger partial charge on any atom is -0.496 e. The molecule has 2 aromatic carbocycles. The lowest BCUT2D eigenvalue weighted by Crippen LogP contribution is -2.35. The van der Waals surface area contributed by atoms with Crippen LogP contribution in [0, 0.1) is 20.8 Å². The highest BCUT2D eigenvalue weighted by Crippen LogP contribution is 2.28. The van der Waals surface area contributed by atoms with Gasteiger partial charge in [0.25, 0.3) is 10.0 Å². The fraction of sp³-hybridized carbons (Fsp3) is 0.278. The molecule has 0 saturated carbocycles. The first-order chi connectivity index (χ1) is 11.6. The van der Waals surface area contributed by atoms with E-state index < -0.39 is 22.5 Å². The Bertz CT molecular complexity index is 885. The van der Waals surface area contributed by atoms with Crippen LogP contribution in [0.4, 0.5) is 5.69 Å². The Morgan fingerprint density at radius 2 is 1.68 bits per heavy atom. The fourth-order valence-corrected chi connectivity index (χ4v) is 4.15. The average Bonchev–Trinajstić information content (AvgIpc) is 2.51. The third kappa shape index (κ3) is 4.11. The number of carboxylic acids is 1. The molecule has 0 spiro atoms. The van der Waals surface area contributed by atoms with Crippen molar-refractivity contribution in [3.05, 3.63) is 53.1 Å². The summed E-state index contributed by atoms with van der Waals surface area (Å²) in [5.41, 5.74) is 2.69. The molecule has 0 amide bonds. The van der Waals surface area contributed by atoms with Crippen LogP contribution in [-0.4, -0.2) is 33.1 Å². The molecule has 0 aromatic heterocycles. The van der Waals surface area contributed by atoms with E-state index in [1.165, 1.54) is 19.2 Å². The molecule has 0 unspecified atom stereocenters. The van der Waals surface area contributed by atoms with Gasteiger partial charge >= 0.3 is 5.97 Å². The summed E-state index contributed by atoms with van der Waals surface area (Å²) in [5, 5.41) is 9.20.